The molecule has 2 rings (SSSR count). The molecule has 0 aliphatic heterocycles. The Balaban J connectivity index is 2.55. The molecule has 1 fully saturated rings. The van der Waals surface area contributed by atoms with E-state index >= 15 is 0 Å². The Morgan fingerprint density at radius 1 is 1.46 bits per heavy atom. The highest BCUT2D eigenvalue weighted by Crippen LogP contribution is 2.42. The van der Waals surface area contributed by atoms with E-state index in [1.54, 1.807) is 12.1 Å². The van der Waals surface area contributed by atoms with Crippen LogP contribution in [0.5, 0.6) is 0 Å². The Labute approximate surface area is 75.8 Å². The van der Waals surface area contributed by atoms with Crippen LogP contribution in [0.3, 0.4) is 0 Å². The first kappa shape index (κ1) is 8.62. The number of rotatable bonds is 2. The van der Waals surface area contributed by atoms with Crippen LogP contribution in [0.2, 0.25) is 0 Å². The summed E-state index contributed by atoms with van der Waals surface area (Å²) in [5, 5.41) is -0.405. The fraction of sp³-hybridized carbons (Fsp3) is 0.375. The van der Waals surface area contributed by atoms with E-state index in [0.29, 0.717) is 5.56 Å². The zero-order chi connectivity index (χ0) is 9.47. The predicted molar refractivity (Wildman–Crippen MR) is 44.5 cm³/mol. The Kier molecular flexibility index (Phi) is 1.83. The van der Waals surface area contributed by atoms with Gasteiger partial charge in [0.25, 0.3) is 0 Å². The van der Waals surface area contributed by atoms with Crippen molar-refractivity contribution in [3.8, 4) is 0 Å². The highest BCUT2D eigenvalue weighted by molar-refractivity contribution is 7.86. The summed E-state index contributed by atoms with van der Waals surface area (Å²) in [5.74, 6) is 0.189. The van der Waals surface area contributed by atoms with Crippen LogP contribution in [0.1, 0.15) is 24.3 Å². The number of nitrogens with zero attached hydrogens (tertiary/aromatic N) is 1. The first-order chi connectivity index (χ1) is 6.09. The van der Waals surface area contributed by atoms with Crippen molar-refractivity contribution in [1.29, 1.82) is 0 Å². The first-order valence-electron chi connectivity index (χ1n) is 3.98. The van der Waals surface area contributed by atoms with E-state index in [4.69, 9.17) is 0 Å². The van der Waals surface area contributed by atoms with Crippen LogP contribution in [-0.4, -0.2) is 13.4 Å². The van der Waals surface area contributed by atoms with Gasteiger partial charge in [0.05, 0.1) is 0 Å². The molecule has 0 atom stereocenters. The molecule has 13 heavy (non-hydrogen) atoms. The minimum Gasteiger partial charge on any atom is -0.242 e. The maximum Gasteiger partial charge on any atom is 0.350 e. The minimum atomic E-state index is -4.65. The zero-order valence-corrected chi connectivity index (χ0v) is 7.59. The zero-order valence-electron chi connectivity index (χ0n) is 6.77. The molecule has 70 valence electrons. The average Bonchev–Trinajstić information content (AvgIpc) is 2.85. The maximum atomic E-state index is 12.7. The van der Waals surface area contributed by atoms with Crippen molar-refractivity contribution in [2.75, 3.05) is 0 Å². The molecule has 0 bridgehead atoms. The summed E-state index contributed by atoms with van der Waals surface area (Å²) in [6, 6.07) is 3.25. The lowest BCUT2D eigenvalue weighted by molar-refractivity contribution is 0.546. The molecule has 1 heterocycles. The fourth-order valence-corrected chi connectivity index (χ4v) is 2.02. The summed E-state index contributed by atoms with van der Waals surface area (Å²) in [5.41, 5.74) is 0.519. The summed E-state index contributed by atoms with van der Waals surface area (Å²) in [6.45, 7) is 0. The Morgan fingerprint density at radius 2 is 2.15 bits per heavy atom. The molecule has 0 amide bonds. The van der Waals surface area contributed by atoms with Gasteiger partial charge < -0.3 is 0 Å². The Bertz CT molecular complexity index is 426. The van der Waals surface area contributed by atoms with E-state index in [2.05, 4.69) is 4.98 Å². The van der Waals surface area contributed by atoms with E-state index in [9.17, 15) is 12.3 Å². The van der Waals surface area contributed by atoms with Gasteiger partial charge in [0, 0.05) is 6.20 Å². The molecule has 0 saturated heterocycles. The van der Waals surface area contributed by atoms with Crippen molar-refractivity contribution in [2.24, 2.45) is 0 Å². The second-order valence-electron chi connectivity index (χ2n) is 3.11. The third-order valence-corrected chi connectivity index (χ3v) is 2.85. The Morgan fingerprint density at radius 3 is 2.69 bits per heavy atom. The van der Waals surface area contributed by atoms with Crippen LogP contribution in [0, 0.1) is 0 Å². The van der Waals surface area contributed by atoms with Gasteiger partial charge in [-0.15, -0.1) is 0 Å². The molecule has 1 saturated carbocycles. The summed E-state index contributed by atoms with van der Waals surface area (Å²) in [7, 11) is -4.65. The highest BCUT2D eigenvalue weighted by Gasteiger charge is 2.30. The smallest absolute Gasteiger partial charge is 0.242 e. The summed E-state index contributed by atoms with van der Waals surface area (Å²) >= 11 is 0. The van der Waals surface area contributed by atoms with Crippen LogP contribution in [0.15, 0.2) is 23.4 Å². The monoisotopic (exact) mass is 201 g/mol. The van der Waals surface area contributed by atoms with Gasteiger partial charge in [-0.05, 0) is 30.4 Å². The van der Waals surface area contributed by atoms with Crippen molar-refractivity contribution < 1.29 is 12.3 Å². The van der Waals surface area contributed by atoms with E-state index in [-0.39, 0.29) is 5.92 Å². The molecular formula is C8H8FNO2S. The van der Waals surface area contributed by atoms with E-state index in [0.717, 1.165) is 12.8 Å². The molecule has 0 unspecified atom stereocenters. The molecular weight excluding hydrogens is 193 g/mol. The summed E-state index contributed by atoms with van der Waals surface area (Å²) in [6.07, 6.45) is 3.14. The van der Waals surface area contributed by atoms with Gasteiger partial charge in [-0.25, -0.2) is 4.98 Å². The molecule has 0 N–H and O–H groups in total. The van der Waals surface area contributed by atoms with Crippen LogP contribution in [-0.2, 0) is 10.2 Å². The largest absolute Gasteiger partial charge is 0.350 e. The topological polar surface area (TPSA) is 47.0 Å². The minimum absolute atomic E-state index is 0.189. The molecule has 1 aromatic rings. The molecule has 0 spiro atoms. The second-order valence-corrected chi connectivity index (χ2v) is 4.37. The average molecular weight is 201 g/mol. The van der Waals surface area contributed by atoms with Crippen molar-refractivity contribution in [2.45, 2.75) is 23.8 Å². The van der Waals surface area contributed by atoms with Crippen molar-refractivity contribution >= 4 is 10.2 Å². The van der Waals surface area contributed by atoms with Gasteiger partial charge in [0.15, 0.2) is 5.03 Å². The number of pyridine rings is 1. The first-order valence-corrected chi connectivity index (χ1v) is 5.37. The molecule has 1 aliphatic rings. The van der Waals surface area contributed by atoms with Gasteiger partial charge in [-0.1, -0.05) is 9.95 Å². The van der Waals surface area contributed by atoms with Gasteiger partial charge >= 0.3 is 10.2 Å². The summed E-state index contributed by atoms with van der Waals surface area (Å²) < 4.78 is 34.0. The standard InChI is InChI=1S/C8H8FNO2S/c9-13(11,12)8-7(6-3-4-6)2-1-5-10-8/h1-2,5-6H,3-4H2. The van der Waals surface area contributed by atoms with Crippen LogP contribution in [0.4, 0.5) is 3.89 Å². The lowest BCUT2D eigenvalue weighted by Crippen LogP contribution is -2.00. The lowest BCUT2D eigenvalue weighted by Gasteiger charge is -2.01. The number of halogens is 1. The summed E-state index contributed by atoms with van der Waals surface area (Å²) in [4.78, 5) is 3.55. The fourth-order valence-electron chi connectivity index (χ4n) is 1.31. The molecule has 3 nitrogen and oxygen atoms in total. The lowest BCUT2D eigenvalue weighted by atomic mass is 10.2. The molecule has 0 aromatic carbocycles. The van der Waals surface area contributed by atoms with Gasteiger partial charge in [0.2, 0.25) is 0 Å². The van der Waals surface area contributed by atoms with E-state index in [1.165, 1.54) is 6.20 Å². The number of hydrogen-bond acceptors (Lipinski definition) is 3. The van der Waals surface area contributed by atoms with Crippen LogP contribution in [0.25, 0.3) is 0 Å². The molecule has 1 aromatic heterocycles. The van der Waals surface area contributed by atoms with Crippen molar-refractivity contribution in [3.63, 3.8) is 0 Å². The van der Waals surface area contributed by atoms with Crippen molar-refractivity contribution in [3.05, 3.63) is 23.9 Å². The normalized spacial score (nSPS) is 17.3. The molecule has 0 radical (unpaired) electrons. The highest BCUT2D eigenvalue weighted by atomic mass is 32.3. The Hall–Kier alpha value is -0.970. The van der Waals surface area contributed by atoms with Crippen molar-refractivity contribution in [1.82, 2.24) is 4.98 Å². The van der Waals surface area contributed by atoms with E-state index < -0.39 is 15.2 Å². The molecule has 5 heteroatoms. The predicted octanol–water partition coefficient (Wildman–Crippen LogP) is 1.62. The SMILES string of the molecule is O=S(=O)(F)c1ncccc1C1CC1. The van der Waals surface area contributed by atoms with Crippen LogP contribution < -0.4 is 0 Å². The number of aromatic nitrogens is 1. The second kappa shape index (κ2) is 2.77. The third kappa shape index (κ3) is 1.70. The quantitative estimate of drug-likeness (QED) is 0.683. The maximum absolute atomic E-state index is 12.7. The van der Waals surface area contributed by atoms with Gasteiger partial charge in [0.1, 0.15) is 0 Å². The van der Waals surface area contributed by atoms with Gasteiger partial charge in [-0.3, -0.25) is 0 Å². The van der Waals surface area contributed by atoms with E-state index in [1.807, 2.05) is 0 Å². The number of hydrogen-bond donors (Lipinski definition) is 0. The van der Waals surface area contributed by atoms with Gasteiger partial charge in [-0.2, -0.15) is 8.42 Å². The van der Waals surface area contributed by atoms with Crippen LogP contribution >= 0.6 is 0 Å². The molecule has 1 aliphatic carbocycles. The third-order valence-electron chi connectivity index (χ3n) is 2.05.